The SMILES string of the molecule is CCC(=O)N1CCC(NC(=NC)NCCNS(=O)(=O)c2ccc(Cl)s2)C1. The number of nitrogens with zero attached hydrogens (tertiary/aromatic N) is 2. The van der Waals surface area contributed by atoms with Gasteiger partial charge in [-0.15, -0.1) is 11.3 Å². The lowest BCUT2D eigenvalue weighted by Crippen LogP contribution is -2.46. The summed E-state index contributed by atoms with van der Waals surface area (Å²) in [5.74, 6) is 0.736. The first kappa shape index (κ1) is 20.9. The summed E-state index contributed by atoms with van der Waals surface area (Å²) in [6, 6.07) is 3.17. The zero-order valence-corrected chi connectivity index (χ0v) is 17.2. The van der Waals surface area contributed by atoms with Gasteiger partial charge in [0.05, 0.1) is 4.34 Å². The van der Waals surface area contributed by atoms with E-state index in [4.69, 9.17) is 11.6 Å². The average molecular weight is 422 g/mol. The molecule has 3 N–H and O–H groups in total. The number of halogens is 1. The predicted molar refractivity (Wildman–Crippen MR) is 104 cm³/mol. The molecule has 26 heavy (non-hydrogen) atoms. The summed E-state index contributed by atoms with van der Waals surface area (Å²) < 4.78 is 27.3. The highest BCUT2D eigenvalue weighted by molar-refractivity contribution is 7.91. The van der Waals surface area contributed by atoms with Gasteiger partial charge in [0.2, 0.25) is 15.9 Å². The molecule has 0 aromatic carbocycles. The van der Waals surface area contributed by atoms with Crippen LogP contribution < -0.4 is 15.4 Å². The minimum atomic E-state index is -3.55. The molecule has 146 valence electrons. The normalized spacial score (nSPS) is 18.2. The molecule has 1 atom stereocenters. The summed E-state index contributed by atoms with van der Waals surface area (Å²) in [5, 5.41) is 6.33. The molecule has 0 spiro atoms. The highest BCUT2D eigenvalue weighted by atomic mass is 35.5. The Hall–Kier alpha value is -1.36. The van der Waals surface area contributed by atoms with Crippen LogP contribution in [0.15, 0.2) is 21.3 Å². The second kappa shape index (κ2) is 9.54. The highest BCUT2D eigenvalue weighted by Gasteiger charge is 2.25. The summed E-state index contributed by atoms with van der Waals surface area (Å²) in [5.41, 5.74) is 0. The number of carbonyl (C=O) groups is 1. The van der Waals surface area contributed by atoms with Crippen molar-refractivity contribution in [2.45, 2.75) is 30.0 Å². The standard InChI is InChI=1S/C15H24ClN5O3S2/c1-3-13(22)21-9-6-11(10-21)20-15(17-2)18-7-8-19-26(23,24)14-5-4-12(16)25-14/h4-5,11,19H,3,6-10H2,1-2H3,(H2,17,18,20). The van der Waals surface area contributed by atoms with Gasteiger partial charge in [-0.3, -0.25) is 9.79 Å². The molecule has 0 bridgehead atoms. The summed E-state index contributed by atoms with van der Waals surface area (Å²) in [6.07, 6.45) is 1.37. The summed E-state index contributed by atoms with van der Waals surface area (Å²) >= 11 is 6.79. The minimum absolute atomic E-state index is 0.140. The Morgan fingerprint density at radius 1 is 1.42 bits per heavy atom. The van der Waals surface area contributed by atoms with Gasteiger partial charge < -0.3 is 15.5 Å². The molecule has 11 heteroatoms. The first-order valence-corrected chi connectivity index (χ1v) is 11.0. The molecule has 1 fully saturated rings. The summed E-state index contributed by atoms with van der Waals surface area (Å²) in [6.45, 7) is 3.84. The molecular formula is C15H24ClN5O3S2. The van der Waals surface area contributed by atoms with Crippen molar-refractivity contribution >= 4 is 44.8 Å². The Morgan fingerprint density at radius 3 is 2.81 bits per heavy atom. The predicted octanol–water partition coefficient (Wildman–Crippen LogP) is 0.856. The van der Waals surface area contributed by atoms with Crippen molar-refractivity contribution in [1.82, 2.24) is 20.3 Å². The third-order valence-electron chi connectivity index (χ3n) is 3.93. The molecule has 0 saturated carbocycles. The van der Waals surface area contributed by atoms with Gasteiger partial charge in [0, 0.05) is 45.7 Å². The molecule has 1 saturated heterocycles. The molecular weight excluding hydrogens is 398 g/mol. The zero-order chi connectivity index (χ0) is 19.2. The molecule has 8 nitrogen and oxygen atoms in total. The smallest absolute Gasteiger partial charge is 0.250 e. The largest absolute Gasteiger partial charge is 0.355 e. The van der Waals surface area contributed by atoms with E-state index in [1.54, 1.807) is 13.1 Å². The fourth-order valence-corrected chi connectivity index (χ4v) is 5.15. The Labute approximate surface area is 163 Å². The Kier molecular flexibility index (Phi) is 7.69. The highest BCUT2D eigenvalue weighted by Crippen LogP contribution is 2.25. The first-order chi connectivity index (χ1) is 12.4. The number of nitrogens with one attached hydrogen (secondary N) is 3. The van der Waals surface area contributed by atoms with Crippen molar-refractivity contribution in [2.75, 3.05) is 33.2 Å². The van der Waals surface area contributed by atoms with Crippen LogP contribution in [0.25, 0.3) is 0 Å². The Bertz CT molecular complexity index is 750. The fraction of sp³-hybridized carbons (Fsp3) is 0.600. The van der Waals surface area contributed by atoms with Gasteiger partial charge in [-0.1, -0.05) is 18.5 Å². The zero-order valence-electron chi connectivity index (χ0n) is 14.8. The topological polar surface area (TPSA) is 103 Å². The molecule has 0 aliphatic carbocycles. The second-order valence-electron chi connectivity index (χ2n) is 5.78. The molecule has 2 rings (SSSR count). The van der Waals surface area contributed by atoms with Crippen LogP contribution in [0.1, 0.15) is 19.8 Å². The number of carbonyl (C=O) groups excluding carboxylic acids is 1. The van der Waals surface area contributed by atoms with E-state index in [-0.39, 0.29) is 22.7 Å². The third kappa shape index (κ3) is 5.83. The molecule has 1 aromatic rings. The number of thiophene rings is 1. The maximum Gasteiger partial charge on any atom is 0.250 e. The average Bonchev–Trinajstić information content (AvgIpc) is 3.26. The van der Waals surface area contributed by atoms with E-state index in [1.165, 1.54) is 6.07 Å². The molecule has 1 unspecified atom stereocenters. The van der Waals surface area contributed by atoms with Gasteiger partial charge >= 0.3 is 0 Å². The number of sulfonamides is 1. The molecule has 1 aliphatic heterocycles. The van der Waals surface area contributed by atoms with E-state index in [2.05, 4.69) is 20.3 Å². The first-order valence-electron chi connectivity index (χ1n) is 8.35. The fourth-order valence-electron chi connectivity index (χ4n) is 2.60. The van der Waals surface area contributed by atoms with Crippen LogP contribution in [-0.2, 0) is 14.8 Å². The maximum absolute atomic E-state index is 12.1. The number of guanidine groups is 1. The van der Waals surface area contributed by atoms with E-state index >= 15 is 0 Å². The van der Waals surface area contributed by atoms with Crippen LogP contribution in [0.3, 0.4) is 0 Å². The lowest BCUT2D eigenvalue weighted by atomic mass is 10.3. The second-order valence-corrected chi connectivity index (χ2v) is 9.49. The molecule has 2 heterocycles. The van der Waals surface area contributed by atoms with E-state index in [1.807, 2.05) is 11.8 Å². The molecule has 0 radical (unpaired) electrons. The summed E-state index contributed by atoms with van der Waals surface area (Å²) in [4.78, 5) is 17.7. The van der Waals surface area contributed by atoms with Gasteiger partial charge in [0.25, 0.3) is 0 Å². The van der Waals surface area contributed by atoms with Gasteiger partial charge in [0.15, 0.2) is 5.96 Å². The Morgan fingerprint density at radius 2 is 2.19 bits per heavy atom. The monoisotopic (exact) mass is 421 g/mol. The van der Waals surface area contributed by atoms with E-state index in [9.17, 15) is 13.2 Å². The van der Waals surface area contributed by atoms with Crippen molar-refractivity contribution in [3.05, 3.63) is 16.5 Å². The van der Waals surface area contributed by atoms with Crippen molar-refractivity contribution in [3.63, 3.8) is 0 Å². The van der Waals surface area contributed by atoms with Gasteiger partial charge in [0.1, 0.15) is 4.21 Å². The van der Waals surface area contributed by atoms with Crippen molar-refractivity contribution in [2.24, 2.45) is 4.99 Å². The molecule has 1 aliphatic rings. The number of aliphatic imine (C=N–C) groups is 1. The lowest BCUT2D eigenvalue weighted by Gasteiger charge is -2.18. The maximum atomic E-state index is 12.1. The van der Waals surface area contributed by atoms with E-state index in [0.29, 0.717) is 29.8 Å². The number of hydrogen-bond donors (Lipinski definition) is 3. The van der Waals surface area contributed by atoms with Crippen LogP contribution in [0.4, 0.5) is 0 Å². The Balaban J connectivity index is 1.73. The van der Waals surface area contributed by atoms with Crippen LogP contribution in [0.5, 0.6) is 0 Å². The van der Waals surface area contributed by atoms with Gasteiger partial charge in [-0.05, 0) is 18.6 Å². The van der Waals surface area contributed by atoms with E-state index < -0.39 is 10.0 Å². The van der Waals surface area contributed by atoms with Crippen LogP contribution in [0, 0.1) is 0 Å². The van der Waals surface area contributed by atoms with Crippen molar-refractivity contribution in [1.29, 1.82) is 0 Å². The number of rotatable bonds is 7. The number of likely N-dealkylation sites (tertiary alicyclic amines) is 1. The minimum Gasteiger partial charge on any atom is -0.355 e. The van der Waals surface area contributed by atoms with Crippen LogP contribution in [-0.4, -0.2) is 64.5 Å². The third-order valence-corrected chi connectivity index (χ3v) is 7.11. The lowest BCUT2D eigenvalue weighted by molar-refractivity contribution is -0.129. The van der Waals surface area contributed by atoms with Gasteiger partial charge in [-0.25, -0.2) is 13.1 Å². The number of hydrogen-bond acceptors (Lipinski definition) is 5. The van der Waals surface area contributed by atoms with Crippen LogP contribution in [0.2, 0.25) is 4.34 Å². The van der Waals surface area contributed by atoms with Crippen LogP contribution >= 0.6 is 22.9 Å². The van der Waals surface area contributed by atoms with Gasteiger partial charge in [-0.2, -0.15) is 0 Å². The quantitative estimate of drug-likeness (QED) is 0.344. The molecule has 1 aromatic heterocycles. The van der Waals surface area contributed by atoms with E-state index in [0.717, 1.165) is 24.3 Å². The molecule has 1 amide bonds. The number of amides is 1. The van der Waals surface area contributed by atoms with Crippen molar-refractivity contribution < 1.29 is 13.2 Å². The summed E-state index contributed by atoms with van der Waals surface area (Å²) in [7, 11) is -1.90. The van der Waals surface area contributed by atoms with Crippen molar-refractivity contribution in [3.8, 4) is 0 Å².